The van der Waals surface area contributed by atoms with Crippen molar-refractivity contribution in [2.45, 2.75) is 32.6 Å². The number of fused-ring (bicyclic) bond motifs is 1. The summed E-state index contributed by atoms with van der Waals surface area (Å²) in [7, 11) is 0. The Hall–Kier alpha value is -2.72. The minimum atomic E-state index is -0.320. The number of carbonyl (C=O) groups is 1. The number of nitriles is 1. The van der Waals surface area contributed by atoms with Gasteiger partial charge in [-0.15, -0.1) is 0 Å². The molecule has 0 radical (unpaired) electrons. The zero-order valence-electron chi connectivity index (χ0n) is 17.5. The molecule has 0 bridgehead atoms. The van der Waals surface area contributed by atoms with E-state index in [1.54, 1.807) is 6.20 Å². The molecule has 0 unspecified atom stereocenters. The average Bonchev–Trinajstić information content (AvgIpc) is 3.03. The third-order valence-corrected chi connectivity index (χ3v) is 6.22. The smallest absolute Gasteiger partial charge is 0.236 e. The molecule has 1 aromatic carbocycles. The van der Waals surface area contributed by atoms with Gasteiger partial charge in [0.2, 0.25) is 5.91 Å². The molecule has 1 aromatic heterocycles. The van der Waals surface area contributed by atoms with E-state index in [1.165, 1.54) is 25.0 Å². The number of hydrogen-bond donors (Lipinski definition) is 0. The number of carbonyl (C=O) groups excluding carboxylic acids is 1. The predicted molar refractivity (Wildman–Crippen MR) is 115 cm³/mol. The number of amides is 1. The maximum Gasteiger partial charge on any atom is 0.236 e. The van der Waals surface area contributed by atoms with Crippen LogP contribution in [0.25, 0.3) is 10.9 Å². The Morgan fingerprint density at radius 3 is 2.47 bits per heavy atom. The van der Waals surface area contributed by atoms with Gasteiger partial charge in [0.05, 0.1) is 23.3 Å². The highest BCUT2D eigenvalue weighted by molar-refractivity contribution is 5.96. The Morgan fingerprint density at radius 1 is 1.10 bits per heavy atom. The van der Waals surface area contributed by atoms with Crippen molar-refractivity contribution in [3.8, 4) is 6.07 Å². The van der Waals surface area contributed by atoms with E-state index in [0.29, 0.717) is 30.6 Å². The summed E-state index contributed by atoms with van der Waals surface area (Å²) in [5.74, 6) is -0.102. The van der Waals surface area contributed by atoms with E-state index in [4.69, 9.17) is 0 Å². The van der Waals surface area contributed by atoms with E-state index in [-0.39, 0.29) is 11.7 Å². The minimum absolute atomic E-state index is 0.218. The van der Waals surface area contributed by atoms with Crippen molar-refractivity contribution in [3.05, 3.63) is 35.3 Å². The molecule has 1 amide bonds. The first-order chi connectivity index (χ1) is 14.6. The van der Waals surface area contributed by atoms with E-state index in [1.807, 2.05) is 11.8 Å². The molecule has 2 aromatic rings. The van der Waals surface area contributed by atoms with Crippen molar-refractivity contribution in [2.24, 2.45) is 0 Å². The first kappa shape index (κ1) is 20.5. The zero-order valence-corrected chi connectivity index (χ0v) is 17.5. The zero-order chi connectivity index (χ0) is 21.1. The Balaban J connectivity index is 1.48. The van der Waals surface area contributed by atoms with Crippen molar-refractivity contribution in [1.82, 2.24) is 14.8 Å². The quantitative estimate of drug-likeness (QED) is 0.780. The number of anilines is 1. The van der Waals surface area contributed by atoms with Crippen LogP contribution in [0.5, 0.6) is 0 Å². The predicted octanol–water partition coefficient (Wildman–Crippen LogP) is 3.08. The summed E-state index contributed by atoms with van der Waals surface area (Å²) in [6.45, 7) is 6.89. The molecule has 2 aliphatic heterocycles. The van der Waals surface area contributed by atoms with Gasteiger partial charge in [0.25, 0.3) is 0 Å². The van der Waals surface area contributed by atoms with Crippen LogP contribution in [-0.4, -0.2) is 66.5 Å². The van der Waals surface area contributed by atoms with Gasteiger partial charge < -0.3 is 9.80 Å². The van der Waals surface area contributed by atoms with Crippen LogP contribution in [0.2, 0.25) is 0 Å². The maximum absolute atomic E-state index is 14.1. The van der Waals surface area contributed by atoms with E-state index < -0.39 is 0 Å². The molecule has 0 N–H and O–H groups in total. The lowest BCUT2D eigenvalue weighted by Gasteiger charge is -2.37. The van der Waals surface area contributed by atoms with Gasteiger partial charge in [-0.3, -0.25) is 14.7 Å². The van der Waals surface area contributed by atoms with Crippen LogP contribution < -0.4 is 4.90 Å². The monoisotopic (exact) mass is 409 g/mol. The maximum atomic E-state index is 14.1. The highest BCUT2D eigenvalue weighted by Gasteiger charge is 2.25. The molecule has 0 aliphatic carbocycles. The lowest BCUT2D eigenvalue weighted by molar-refractivity contribution is -0.132. The number of rotatable bonds is 3. The molecule has 6 nitrogen and oxygen atoms in total. The number of hydrogen-bond acceptors (Lipinski definition) is 5. The summed E-state index contributed by atoms with van der Waals surface area (Å²) in [5, 5.41) is 10.3. The van der Waals surface area contributed by atoms with Crippen molar-refractivity contribution < 1.29 is 9.18 Å². The Bertz CT molecular complexity index is 970. The molecule has 2 aliphatic rings. The summed E-state index contributed by atoms with van der Waals surface area (Å²) < 4.78 is 14.1. The summed E-state index contributed by atoms with van der Waals surface area (Å²) in [4.78, 5) is 23.4. The number of aryl methyl sites for hydroxylation is 1. The van der Waals surface area contributed by atoms with Crippen LogP contribution in [0.1, 0.15) is 36.8 Å². The number of benzene rings is 1. The molecule has 30 heavy (non-hydrogen) atoms. The summed E-state index contributed by atoms with van der Waals surface area (Å²) >= 11 is 0. The van der Waals surface area contributed by atoms with Gasteiger partial charge in [0.15, 0.2) is 0 Å². The normalized spacial score (nSPS) is 18.3. The van der Waals surface area contributed by atoms with E-state index >= 15 is 0 Å². The molecule has 158 valence electrons. The minimum Gasteiger partial charge on any atom is -0.367 e. The Kier molecular flexibility index (Phi) is 6.14. The van der Waals surface area contributed by atoms with Crippen LogP contribution >= 0.6 is 0 Å². The molecule has 2 fully saturated rings. The van der Waals surface area contributed by atoms with Crippen LogP contribution in [0, 0.1) is 24.1 Å². The largest absolute Gasteiger partial charge is 0.367 e. The number of pyridine rings is 1. The molecule has 0 spiro atoms. The molecule has 0 atom stereocenters. The standard InChI is InChI=1S/C23H28FN5O/c1-17-12-19(24)13-20-22(17)26-15-18(14-25)23(20)29-10-8-27(9-11-29)16-21(30)28-6-4-2-3-5-7-28/h12-13,15H,2-11,16H2,1H3. The van der Waals surface area contributed by atoms with Crippen LogP contribution in [0.4, 0.5) is 10.1 Å². The van der Waals surface area contributed by atoms with Gasteiger partial charge >= 0.3 is 0 Å². The van der Waals surface area contributed by atoms with Gasteiger partial charge in [-0.2, -0.15) is 5.26 Å². The molecule has 4 rings (SSSR count). The molecule has 0 saturated carbocycles. The summed E-state index contributed by atoms with van der Waals surface area (Å²) in [6, 6.07) is 5.16. The fourth-order valence-corrected chi connectivity index (χ4v) is 4.59. The third-order valence-electron chi connectivity index (χ3n) is 6.22. The summed E-state index contributed by atoms with van der Waals surface area (Å²) in [6.07, 6.45) is 6.20. The number of nitrogens with zero attached hydrogens (tertiary/aromatic N) is 5. The number of likely N-dealkylation sites (tertiary alicyclic amines) is 1. The van der Waals surface area contributed by atoms with Crippen LogP contribution in [0.15, 0.2) is 18.3 Å². The van der Waals surface area contributed by atoms with Gasteiger partial charge in [-0.1, -0.05) is 12.8 Å². The Labute approximate surface area is 176 Å². The molecule has 7 heteroatoms. The topological polar surface area (TPSA) is 63.5 Å². The highest BCUT2D eigenvalue weighted by Crippen LogP contribution is 2.32. The summed E-state index contributed by atoms with van der Waals surface area (Å²) in [5.41, 5.74) is 2.70. The van der Waals surface area contributed by atoms with E-state index in [0.717, 1.165) is 55.8 Å². The van der Waals surface area contributed by atoms with E-state index in [2.05, 4.69) is 20.9 Å². The van der Waals surface area contributed by atoms with Crippen LogP contribution in [0.3, 0.4) is 0 Å². The van der Waals surface area contributed by atoms with Gasteiger partial charge in [0, 0.05) is 50.9 Å². The SMILES string of the molecule is Cc1cc(F)cc2c(N3CCN(CC(=O)N4CCCCCC4)CC3)c(C#N)cnc12. The second kappa shape index (κ2) is 8.97. The first-order valence-corrected chi connectivity index (χ1v) is 10.8. The fraction of sp³-hybridized carbons (Fsp3) is 0.522. The molecule has 2 saturated heterocycles. The second-order valence-corrected chi connectivity index (χ2v) is 8.31. The third kappa shape index (κ3) is 4.24. The fourth-order valence-electron chi connectivity index (χ4n) is 4.59. The Morgan fingerprint density at radius 2 is 1.80 bits per heavy atom. The number of piperazine rings is 1. The second-order valence-electron chi connectivity index (χ2n) is 8.31. The van der Waals surface area contributed by atoms with Crippen molar-refractivity contribution in [1.29, 1.82) is 5.26 Å². The number of halogens is 1. The van der Waals surface area contributed by atoms with Gasteiger partial charge in [-0.05, 0) is 37.5 Å². The number of aromatic nitrogens is 1. The van der Waals surface area contributed by atoms with Crippen molar-refractivity contribution in [2.75, 3.05) is 50.7 Å². The van der Waals surface area contributed by atoms with Gasteiger partial charge in [0.1, 0.15) is 11.9 Å². The van der Waals surface area contributed by atoms with Crippen molar-refractivity contribution in [3.63, 3.8) is 0 Å². The van der Waals surface area contributed by atoms with E-state index in [9.17, 15) is 14.4 Å². The highest BCUT2D eigenvalue weighted by atomic mass is 19.1. The average molecular weight is 410 g/mol. The van der Waals surface area contributed by atoms with Gasteiger partial charge in [-0.25, -0.2) is 4.39 Å². The lowest BCUT2D eigenvalue weighted by Crippen LogP contribution is -2.50. The molecular formula is C23H28FN5O. The molecule has 3 heterocycles. The van der Waals surface area contributed by atoms with Crippen LogP contribution in [-0.2, 0) is 4.79 Å². The molecular weight excluding hydrogens is 381 g/mol. The lowest BCUT2D eigenvalue weighted by atomic mass is 10.0. The van der Waals surface area contributed by atoms with Crippen molar-refractivity contribution >= 4 is 22.5 Å². The first-order valence-electron chi connectivity index (χ1n) is 10.8.